The van der Waals surface area contributed by atoms with Crippen molar-refractivity contribution in [1.82, 2.24) is 4.98 Å². The highest BCUT2D eigenvalue weighted by Crippen LogP contribution is 2.33. The third-order valence-electron chi connectivity index (χ3n) is 4.69. The number of benzene rings is 3. The molecular formula is C24H20ClFN2O3. The fourth-order valence-corrected chi connectivity index (χ4v) is 3.43. The first kappa shape index (κ1) is 20.8. The summed E-state index contributed by atoms with van der Waals surface area (Å²) in [6.45, 7) is 2.36. The summed E-state index contributed by atoms with van der Waals surface area (Å²) >= 11 is 6.39. The molecule has 4 rings (SSSR count). The lowest BCUT2D eigenvalue weighted by atomic mass is 10.2. The van der Waals surface area contributed by atoms with Gasteiger partial charge in [-0.3, -0.25) is 0 Å². The maximum Gasteiger partial charge on any atom is 0.354 e. The number of hydrogen-bond acceptors (Lipinski definition) is 4. The van der Waals surface area contributed by atoms with Gasteiger partial charge >= 0.3 is 5.97 Å². The molecule has 1 aromatic heterocycles. The lowest BCUT2D eigenvalue weighted by Crippen LogP contribution is -2.04. The van der Waals surface area contributed by atoms with Crippen molar-refractivity contribution in [1.29, 1.82) is 0 Å². The number of rotatable bonds is 7. The van der Waals surface area contributed by atoms with Crippen molar-refractivity contribution in [2.75, 3.05) is 11.9 Å². The Morgan fingerprint density at radius 1 is 1.10 bits per heavy atom. The largest absolute Gasteiger partial charge is 0.487 e. The lowest BCUT2D eigenvalue weighted by molar-refractivity contribution is 0.0520. The zero-order chi connectivity index (χ0) is 21.8. The zero-order valence-corrected chi connectivity index (χ0v) is 17.5. The Kier molecular flexibility index (Phi) is 6.09. The highest BCUT2D eigenvalue weighted by molar-refractivity contribution is 6.32. The molecular weight excluding hydrogens is 419 g/mol. The molecule has 0 amide bonds. The minimum absolute atomic E-state index is 0.188. The maximum absolute atomic E-state index is 14.3. The lowest BCUT2D eigenvalue weighted by Gasteiger charge is -2.12. The topological polar surface area (TPSA) is 63.4 Å². The van der Waals surface area contributed by atoms with E-state index in [0.29, 0.717) is 34.1 Å². The Morgan fingerprint density at radius 2 is 1.90 bits per heavy atom. The standard InChI is InChI=1S/C24H20ClFN2O3/c1-2-30-24(29)21-13-17-20(10-9-19(26)23(17)28-21)27-16-8-11-22(18(25)12-16)31-14-15-6-4-3-5-7-15/h3-13,27-28H,2,14H2,1H3. The van der Waals surface area contributed by atoms with Gasteiger partial charge in [-0.15, -0.1) is 0 Å². The molecule has 0 atom stereocenters. The molecule has 0 fully saturated rings. The molecule has 2 N–H and O–H groups in total. The molecule has 0 saturated carbocycles. The number of halogens is 2. The van der Waals surface area contributed by atoms with Crippen LogP contribution in [0, 0.1) is 5.82 Å². The van der Waals surface area contributed by atoms with Crippen molar-refractivity contribution in [3.8, 4) is 5.75 Å². The minimum atomic E-state index is -0.535. The summed E-state index contributed by atoms with van der Waals surface area (Å²) in [7, 11) is 0. The molecule has 0 unspecified atom stereocenters. The molecule has 0 radical (unpaired) electrons. The second kappa shape index (κ2) is 9.10. The highest BCUT2D eigenvalue weighted by Gasteiger charge is 2.16. The molecule has 0 saturated heterocycles. The molecule has 0 spiro atoms. The summed E-state index contributed by atoms with van der Waals surface area (Å²) < 4.78 is 25.1. The summed E-state index contributed by atoms with van der Waals surface area (Å²) in [6.07, 6.45) is 0. The summed E-state index contributed by atoms with van der Waals surface area (Å²) in [6, 6.07) is 19.6. The summed E-state index contributed by atoms with van der Waals surface area (Å²) in [5, 5.41) is 4.20. The maximum atomic E-state index is 14.3. The number of esters is 1. The summed E-state index contributed by atoms with van der Waals surface area (Å²) in [5.41, 5.74) is 2.77. The van der Waals surface area contributed by atoms with E-state index >= 15 is 0 Å². The van der Waals surface area contributed by atoms with Crippen LogP contribution in [0.3, 0.4) is 0 Å². The average Bonchev–Trinajstić information content (AvgIpc) is 3.23. The average molecular weight is 439 g/mol. The van der Waals surface area contributed by atoms with E-state index in [2.05, 4.69) is 10.3 Å². The number of aromatic nitrogens is 1. The van der Waals surface area contributed by atoms with E-state index in [1.165, 1.54) is 6.07 Å². The first-order valence-electron chi connectivity index (χ1n) is 9.77. The molecule has 4 aromatic rings. The first-order valence-corrected chi connectivity index (χ1v) is 10.1. The van der Waals surface area contributed by atoms with Gasteiger partial charge in [0, 0.05) is 16.8 Å². The molecule has 158 valence electrons. The minimum Gasteiger partial charge on any atom is -0.487 e. The normalized spacial score (nSPS) is 10.8. The number of ether oxygens (including phenoxy) is 2. The van der Waals surface area contributed by atoms with Gasteiger partial charge in [0.25, 0.3) is 0 Å². The third kappa shape index (κ3) is 4.64. The molecule has 5 nitrogen and oxygen atoms in total. The van der Waals surface area contributed by atoms with Crippen LogP contribution in [0.15, 0.2) is 66.7 Å². The van der Waals surface area contributed by atoms with Crippen LogP contribution in [-0.4, -0.2) is 17.6 Å². The van der Waals surface area contributed by atoms with Gasteiger partial charge in [0.05, 0.1) is 17.1 Å². The predicted octanol–water partition coefficient (Wildman–Crippen LogP) is 6.46. The Hall–Kier alpha value is -3.51. The number of nitrogens with one attached hydrogen (secondary N) is 2. The van der Waals surface area contributed by atoms with Gasteiger partial charge in [0.15, 0.2) is 0 Å². The Balaban J connectivity index is 1.55. The van der Waals surface area contributed by atoms with Gasteiger partial charge < -0.3 is 19.8 Å². The predicted molar refractivity (Wildman–Crippen MR) is 120 cm³/mol. The van der Waals surface area contributed by atoms with Crippen LogP contribution in [0.1, 0.15) is 23.0 Å². The SMILES string of the molecule is CCOC(=O)c1cc2c(Nc3ccc(OCc4ccccc4)c(Cl)c3)ccc(F)c2[nH]1. The van der Waals surface area contributed by atoms with E-state index in [1.807, 2.05) is 36.4 Å². The van der Waals surface area contributed by atoms with E-state index in [1.54, 1.807) is 31.2 Å². The molecule has 0 aliphatic carbocycles. The van der Waals surface area contributed by atoms with Gasteiger partial charge in [0.2, 0.25) is 0 Å². The first-order chi connectivity index (χ1) is 15.0. The monoisotopic (exact) mass is 438 g/mol. The van der Waals surface area contributed by atoms with Crippen LogP contribution >= 0.6 is 11.6 Å². The number of H-pyrrole nitrogens is 1. The van der Waals surface area contributed by atoms with Gasteiger partial charge in [-0.25, -0.2) is 9.18 Å². The van der Waals surface area contributed by atoms with E-state index in [0.717, 1.165) is 5.56 Å². The number of fused-ring (bicyclic) bond motifs is 1. The molecule has 31 heavy (non-hydrogen) atoms. The zero-order valence-electron chi connectivity index (χ0n) is 16.7. The smallest absolute Gasteiger partial charge is 0.354 e. The molecule has 0 bridgehead atoms. The van der Waals surface area contributed by atoms with Crippen LogP contribution in [0.4, 0.5) is 15.8 Å². The van der Waals surface area contributed by atoms with Crippen molar-refractivity contribution >= 4 is 39.8 Å². The number of aromatic amines is 1. The quantitative estimate of drug-likeness (QED) is 0.325. The van der Waals surface area contributed by atoms with Crippen LogP contribution in [0.5, 0.6) is 5.75 Å². The van der Waals surface area contributed by atoms with Crippen LogP contribution < -0.4 is 10.1 Å². The van der Waals surface area contributed by atoms with Gasteiger partial charge in [-0.2, -0.15) is 0 Å². The summed E-state index contributed by atoms with van der Waals surface area (Å²) in [5.74, 6) is -0.433. The Morgan fingerprint density at radius 3 is 2.65 bits per heavy atom. The number of carbonyl (C=O) groups excluding carboxylic acids is 1. The molecule has 3 aromatic carbocycles. The number of carbonyl (C=O) groups is 1. The second-order valence-corrected chi connectivity index (χ2v) is 7.24. The van der Waals surface area contributed by atoms with Gasteiger partial charge in [-0.05, 0) is 48.9 Å². The van der Waals surface area contributed by atoms with Crippen LogP contribution in [-0.2, 0) is 11.3 Å². The van der Waals surface area contributed by atoms with Gasteiger partial charge in [0.1, 0.15) is 23.9 Å². The van der Waals surface area contributed by atoms with E-state index in [-0.39, 0.29) is 17.8 Å². The second-order valence-electron chi connectivity index (χ2n) is 6.83. The summed E-state index contributed by atoms with van der Waals surface area (Å²) in [4.78, 5) is 14.8. The van der Waals surface area contributed by atoms with E-state index in [9.17, 15) is 9.18 Å². The van der Waals surface area contributed by atoms with Crippen molar-refractivity contribution < 1.29 is 18.7 Å². The van der Waals surface area contributed by atoms with Crippen molar-refractivity contribution in [3.05, 3.63) is 88.8 Å². The Bertz CT molecular complexity index is 1220. The highest BCUT2D eigenvalue weighted by atomic mass is 35.5. The third-order valence-corrected chi connectivity index (χ3v) is 4.98. The molecule has 7 heteroatoms. The molecule has 0 aliphatic rings. The number of anilines is 2. The van der Waals surface area contributed by atoms with Crippen LogP contribution in [0.25, 0.3) is 10.9 Å². The number of hydrogen-bond donors (Lipinski definition) is 2. The van der Waals surface area contributed by atoms with E-state index < -0.39 is 11.8 Å². The Labute approximate surface area is 183 Å². The van der Waals surface area contributed by atoms with E-state index in [4.69, 9.17) is 21.1 Å². The van der Waals surface area contributed by atoms with Gasteiger partial charge in [-0.1, -0.05) is 41.9 Å². The fraction of sp³-hybridized carbons (Fsp3) is 0.125. The molecule has 0 aliphatic heterocycles. The fourth-order valence-electron chi connectivity index (χ4n) is 3.20. The molecule has 1 heterocycles. The van der Waals surface area contributed by atoms with Crippen molar-refractivity contribution in [2.45, 2.75) is 13.5 Å². The van der Waals surface area contributed by atoms with Crippen molar-refractivity contribution in [3.63, 3.8) is 0 Å². The van der Waals surface area contributed by atoms with Crippen LogP contribution in [0.2, 0.25) is 5.02 Å². The van der Waals surface area contributed by atoms with Crippen molar-refractivity contribution in [2.24, 2.45) is 0 Å².